The van der Waals surface area contributed by atoms with Crippen LogP contribution in [-0.2, 0) is 0 Å². The Morgan fingerprint density at radius 1 is 0.826 bits per heavy atom. The summed E-state index contributed by atoms with van der Waals surface area (Å²) in [4.78, 5) is 0. The van der Waals surface area contributed by atoms with E-state index in [1.165, 1.54) is 12.1 Å². The summed E-state index contributed by atoms with van der Waals surface area (Å²) in [5.41, 5.74) is 3.76. The number of hydrogen-bond acceptors (Lipinski definition) is 2. The van der Waals surface area contributed by atoms with Gasteiger partial charge in [-0.05, 0) is 43.7 Å². The molecule has 0 spiro atoms. The molecule has 2 nitrogen and oxygen atoms in total. The molecule has 0 saturated heterocycles. The fraction of sp³-hybridized carbons (Fsp3) is 0.111. The minimum Gasteiger partial charge on any atom is -0.207 e. The quantitative estimate of drug-likeness (QED) is 0.632. The molecular formula is C18H13ClF2N2. The van der Waals surface area contributed by atoms with Crippen molar-refractivity contribution in [1.82, 2.24) is 10.2 Å². The van der Waals surface area contributed by atoms with E-state index in [-0.39, 0.29) is 0 Å². The highest BCUT2D eigenvalue weighted by Crippen LogP contribution is 2.37. The largest absolute Gasteiger partial charge is 0.207 e. The van der Waals surface area contributed by atoms with Crippen molar-refractivity contribution >= 4 is 11.6 Å². The van der Waals surface area contributed by atoms with Gasteiger partial charge in [0.05, 0.1) is 11.4 Å². The highest BCUT2D eigenvalue weighted by atomic mass is 35.5. The van der Waals surface area contributed by atoms with E-state index in [0.717, 1.165) is 17.2 Å². The Labute approximate surface area is 137 Å². The molecule has 3 aromatic rings. The van der Waals surface area contributed by atoms with E-state index in [2.05, 4.69) is 10.2 Å². The molecule has 23 heavy (non-hydrogen) atoms. The molecule has 3 rings (SSSR count). The zero-order valence-corrected chi connectivity index (χ0v) is 13.3. The number of rotatable bonds is 2. The molecule has 0 N–H and O–H groups in total. The van der Waals surface area contributed by atoms with Crippen LogP contribution in [0.15, 0.2) is 42.5 Å². The molecule has 0 aliphatic rings. The molecule has 0 radical (unpaired) electrons. The van der Waals surface area contributed by atoms with Crippen LogP contribution in [-0.4, -0.2) is 10.2 Å². The number of benzene rings is 2. The summed E-state index contributed by atoms with van der Waals surface area (Å²) in [5.74, 6) is -1.24. The van der Waals surface area contributed by atoms with Gasteiger partial charge < -0.3 is 0 Å². The molecule has 0 bridgehead atoms. The Kier molecular flexibility index (Phi) is 4.09. The van der Waals surface area contributed by atoms with Gasteiger partial charge in [-0.1, -0.05) is 23.7 Å². The first kappa shape index (κ1) is 15.6. The van der Waals surface area contributed by atoms with E-state index in [1.807, 2.05) is 12.1 Å². The van der Waals surface area contributed by atoms with Gasteiger partial charge in [0, 0.05) is 27.8 Å². The minimum atomic E-state index is -0.629. The highest BCUT2D eigenvalue weighted by Gasteiger charge is 2.18. The lowest BCUT2D eigenvalue weighted by Crippen LogP contribution is -2.01. The summed E-state index contributed by atoms with van der Waals surface area (Å²) in [7, 11) is 0. The zero-order valence-electron chi connectivity index (χ0n) is 12.6. The fourth-order valence-electron chi connectivity index (χ4n) is 2.60. The lowest BCUT2D eigenvalue weighted by Gasteiger charge is -2.15. The van der Waals surface area contributed by atoms with Crippen molar-refractivity contribution in [2.75, 3.05) is 0 Å². The van der Waals surface area contributed by atoms with Gasteiger partial charge >= 0.3 is 0 Å². The molecule has 0 amide bonds. The van der Waals surface area contributed by atoms with E-state index < -0.39 is 11.6 Å². The molecule has 0 unspecified atom stereocenters. The van der Waals surface area contributed by atoms with Crippen LogP contribution in [0.3, 0.4) is 0 Å². The summed E-state index contributed by atoms with van der Waals surface area (Å²) in [6.07, 6.45) is 0. The highest BCUT2D eigenvalue weighted by molar-refractivity contribution is 6.30. The summed E-state index contributed by atoms with van der Waals surface area (Å²) < 4.78 is 27.5. The smallest absolute Gasteiger partial charge is 0.134 e. The van der Waals surface area contributed by atoms with Crippen LogP contribution >= 0.6 is 11.6 Å². The second-order valence-corrected chi connectivity index (χ2v) is 5.69. The number of aromatic nitrogens is 2. The topological polar surface area (TPSA) is 25.8 Å². The van der Waals surface area contributed by atoms with Crippen molar-refractivity contribution in [3.8, 4) is 22.3 Å². The van der Waals surface area contributed by atoms with Gasteiger partial charge in [-0.2, -0.15) is 10.2 Å². The molecular weight excluding hydrogens is 318 g/mol. The molecule has 0 aliphatic carbocycles. The maximum atomic E-state index is 14.3. The average molecular weight is 331 g/mol. The van der Waals surface area contributed by atoms with Gasteiger partial charge in [0.25, 0.3) is 0 Å². The molecule has 5 heteroatoms. The van der Waals surface area contributed by atoms with Crippen molar-refractivity contribution in [2.24, 2.45) is 0 Å². The molecule has 2 aromatic carbocycles. The maximum Gasteiger partial charge on any atom is 0.134 e. The number of hydrogen-bond donors (Lipinski definition) is 0. The predicted molar refractivity (Wildman–Crippen MR) is 87.3 cm³/mol. The number of halogens is 3. The lowest BCUT2D eigenvalue weighted by molar-refractivity contribution is 0.585. The standard InChI is InChI=1S/C18H13ClF2N2/c1-10-17(12-3-5-13(19)6-4-12)18(11(2)23-22-10)15-8-7-14(20)9-16(15)21/h3-9H,1-2H3. The van der Waals surface area contributed by atoms with E-state index >= 15 is 0 Å². The van der Waals surface area contributed by atoms with Crippen molar-refractivity contribution in [2.45, 2.75) is 13.8 Å². The Balaban J connectivity index is 2.32. The van der Waals surface area contributed by atoms with E-state index in [9.17, 15) is 8.78 Å². The van der Waals surface area contributed by atoms with Crippen LogP contribution in [0, 0.1) is 25.5 Å². The van der Waals surface area contributed by atoms with Gasteiger partial charge in [-0.3, -0.25) is 0 Å². The van der Waals surface area contributed by atoms with Gasteiger partial charge in [0.15, 0.2) is 0 Å². The van der Waals surface area contributed by atoms with Gasteiger partial charge in [0.2, 0.25) is 0 Å². The van der Waals surface area contributed by atoms with Crippen molar-refractivity contribution in [3.63, 3.8) is 0 Å². The first-order chi connectivity index (χ1) is 11.0. The third-order valence-corrected chi connectivity index (χ3v) is 3.91. The number of nitrogens with zero attached hydrogens (tertiary/aromatic N) is 2. The Morgan fingerprint density at radius 3 is 2.04 bits per heavy atom. The first-order valence-electron chi connectivity index (χ1n) is 7.02. The summed E-state index contributed by atoms with van der Waals surface area (Å²) in [5, 5.41) is 8.83. The summed E-state index contributed by atoms with van der Waals surface area (Å²) in [6.45, 7) is 3.56. The van der Waals surface area contributed by atoms with Crippen molar-refractivity contribution < 1.29 is 8.78 Å². The van der Waals surface area contributed by atoms with Gasteiger partial charge in [-0.25, -0.2) is 8.78 Å². The van der Waals surface area contributed by atoms with Crippen LogP contribution in [0.25, 0.3) is 22.3 Å². The van der Waals surface area contributed by atoms with Crippen molar-refractivity contribution in [1.29, 1.82) is 0 Å². The van der Waals surface area contributed by atoms with E-state index in [4.69, 9.17) is 11.6 Å². The molecule has 1 heterocycles. The second kappa shape index (κ2) is 6.05. The maximum absolute atomic E-state index is 14.3. The molecule has 0 aliphatic heterocycles. The van der Waals surface area contributed by atoms with Gasteiger partial charge in [0.1, 0.15) is 11.6 Å². The summed E-state index contributed by atoms with van der Waals surface area (Å²) >= 11 is 5.94. The molecule has 1 aromatic heterocycles. The van der Waals surface area contributed by atoms with Crippen LogP contribution in [0.2, 0.25) is 5.02 Å². The summed E-state index contributed by atoms with van der Waals surface area (Å²) in [6, 6.07) is 10.7. The molecule has 0 saturated carbocycles. The normalized spacial score (nSPS) is 10.8. The molecule has 0 fully saturated rings. The zero-order chi connectivity index (χ0) is 16.6. The Bertz CT molecular complexity index is 877. The Morgan fingerprint density at radius 2 is 1.43 bits per heavy atom. The minimum absolute atomic E-state index is 0.298. The Hall–Kier alpha value is -2.33. The molecule has 0 atom stereocenters. The van der Waals surface area contributed by atoms with Crippen LogP contribution in [0.5, 0.6) is 0 Å². The third-order valence-electron chi connectivity index (χ3n) is 3.66. The lowest BCUT2D eigenvalue weighted by atomic mass is 9.92. The van der Waals surface area contributed by atoms with E-state index in [0.29, 0.717) is 27.5 Å². The van der Waals surface area contributed by atoms with Crippen LogP contribution in [0.1, 0.15) is 11.4 Å². The SMILES string of the molecule is Cc1nnc(C)c(-c2ccc(F)cc2F)c1-c1ccc(Cl)cc1. The second-order valence-electron chi connectivity index (χ2n) is 5.25. The molecule has 116 valence electrons. The van der Waals surface area contributed by atoms with Gasteiger partial charge in [-0.15, -0.1) is 0 Å². The van der Waals surface area contributed by atoms with Crippen LogP contribution in [0.4, 0.5) is 8.78 Å². The monoisotopic (exact) mass is 330 g/mol. The predicted octanol–water partition coefficient (Wildman–Crippen LogP) is 5.36. The van der Waals surface area contributed by atoms with Crippen molar-refractivity contribution in [3.05, 3.63) is 70.5 Å². The van der Waals surface area contributed by atoms with E-state index in [1.54, 1.807) is 26.0 Å². The third kappa shape index (κ3) is 2.94. The average Bonchev–Trinajstić information content (AvgIpc) is 2.51. The first-order valence-corrected chi connectivity index (χ1v) is 7.40. The van der Waals surface area contributed by atoms with Crippen LogP contribution < -0.4 is 0 Å². The fourth-order valence-corrected chi connectivity index (χ4v) is 2.73. The number of aryl methyl sites for hydroxylation is 2.